The standard InChI is InChI=1S/C8H15N3O/c1-3-7(2)11-8(12)4-5-10-6-9/h7,10H,3-5H2,1-2H3,(H,11,12). The molecule has 0 bridgehead atoms. The Morgan fingerprint density at radius 3 is 2.83 bits per heavy atom. The Balaban J connectivity index is 3.41. The molecule has 0 heterocycles. The maximum Gasteiger partial charge on any atom is 0.222 e. The van der Waals surface area contributed by atoms with E-state index in [-0.39, 0.29) is 11.9 Å². The van der Waals surface area contributed by atoms with E-state index < -0.39 is 0 Å². The molecule has 0 aromatic heterocycles. The fraction of sp³-hybridized carbons (Fsp3) is 0.750. The highest BCUT2D eigenvalue weighted by atomic mass is 16.1. The summed E-state index contributed by atoms with van der Waals surface area (Å²) in [6.07, 6.45) is 3.05. The summed E-state index contributed by atoms with van der Waals surface area (Å²) in [5.41, 5.74) is 0. The van der Waals surface area contributed by atoms with E-state index in [4.69, 9.17) is 5.26 Å². The number of carbonyl (C=O) groups excluding carboxylic acids is 1. The quantitative estimate of drug-likeness (QED) is 0.355. The van der Waals surface area contributed by atoms with Gasteiger partial charge in [0.15, 0.2) is 6.19 Å². The first-order chi connectivity index (χ1) is 5.70. The number of amides is 1. The van der Waals surface area contributed by atoms with Gasteiger partial charge in [-0.15, -0.1) is 0 Å². The van der Waals surface area contributed by atoms with Crippen LogP contribution in [0.3, 0.4) is 0 Å². The number of nitrogens with one attached hydrogen (secondary N) is 2. The number of hydrogen-bond donors (Lipinski definition) is 2. The predicted molar refractivity (Wildman–Crippen MR) is 46.1 cm³/mol. The van der Waals surface area contributed by atoms with Crippen molar-refractivity contribution in [3.05, 3.63) is 0 Å². The molecule has 0 saturated carbocycles. The summed E-state index contributed by atoms with van der Waals surface area (Å²) >= 11 is 0. The molecule has 0 saturated heterocycles. The molecule has 0 aromatic rings. The highest BCUT2D eigenvalue weighted by Gasteiger charge is 2.03. The Kier molecular flexibility index (Phi) is 5.80. The van der Waals surface area contributed by atoms with Crippen LogP contribution in [0.5, 0.6) is 0 Å². The van der Waals surface area contributed by atoms with Gasteiger partial charge in [-0.2, -0.15) is 5.26 Å². The molecule has 4 nitrogen and oxygen atoms in total. The Bertz CT molecular complexity index is 174. The van der Waals surface area contributed by atoms with Crippen LogP contribution < -0.4 is 10.6 Å². The molecular weight excluding hydrogens is 154 g/mol. The van der Waals surface area contributed by atoms with Gasteiger partial charge in [-0.25, -0.2) is 0 Å². The first kappa shape index (κ1) is 10.8. The van der Waals surface area contributed by atoms with E-state index >= 15 is 0 Å². The van der Waals surface area contributed by atoms with Crippen molar-refractivity contribution in [2.45, 2.75) is 32.7 Å². The molecule has 0 aliphatic carbocycles. The lowest BCUT2D eigenvalue weighted by molar-refractivity contribution is -0.121. The van der Waals surface area contributed by atoms with Crippen molar-refractivity contribution < 1.29 is 4.79 Å². The average Bonchev–Trinajstić information content (AvgIpc) is 2.05. The number of nitriles is 1. The molecule has 0 aliphatic heterocycles. The second-order valence-corrected chi connectivity index (χ2v) is 2.67. The first-order valence-electron chi connectivity index (χ1n) is 4.12. The van der Waals surface area contributed by atoms with Gasteiger partial charge in [0.05, 0.1) is 0 Å². The third kappa shape index (κ3) is 5.54. The maximum absolute atomic E-state index is 11.0. The second kappa shape index (κ2) is 6.47. The van der Waals surface area contributed by atoms with Crippen LogP contribution >= 0.6 is 0 Å². The van der Waals surface area contributed by atoms with Crippen molar-refractivity contribution in [1.29, 1.82) is 5.26 Å². The molecule has 0 aliphatic rings. The smallest absolute Gasteiger partial charge is 0.222 e. The minimum Gasteiger partial charge on any atom is -0.354 e. The summed E-state index contributed by atoms with van der Waals surface area (Å²) in [5, 5.41) is 13.3. The van der Waals surface area contributed by atoms with E-state index in [1.807, 2.05) is 13.8 Å². The Morgan fingerprint density at radius 2 is 2.33 bits per heavy atom. The zero-order valence-corrected chi connectivity index (χ0v) is 7.55. The summed E-state index contributed by atoms with van der Waals surface area (Å²) in [5.74, 6) is -0.00731. The van der Waals surface area contributed by atoms with Gasteiger partial charge in [0.25, 0.3) is 0 Å². The van der Waals surface area contributed by atoms with Crippen molar-refractivity contribution in [1.82, 2.24) is 10.6 Å². The minimum atomic E-state index is -0.00731. The molecular formula is C8H15N3O. The van der Waals surface area contributed by atoms with Crippen LogP contribution in [-0.2, 0) is 4.79 Å². The van der Waals surface area contributed by atoms with Crippen molar-refractivity contribution in [2.24, 2.45) is 0 Å². The van der Waals surface area contributed by atoms with Gasteiger partial charge in [0, 0.05) is 19.0 Å². The SMILES string of the molecule is CCC(C)NC(=O)CCNC#N. The van der Waals surface area contributed by atoms with E-state index in [0.29, 0.717) is 13.0 Å². The fourth-order valence-electron chi connectivity index (χ4n) is 0.681. The molecule has 4 heteroatoms. The maximum atomic E-state index is 11.0. The Morgan fingerprint density at radius 1 is 1.67 bits per heavy atom. The highest BCUT2D eigenvalue weighted by Crippen LogP contribution is 1.88. The van der Waals surface area contributed by atoms with Gasteiger partial charge in [-0.3, -0.25) is 4.79 Å². The lowest BCUT2D eigenvalue weighted by Gasteiger charge is -2.10. The van der Waals surface area contributed by atoms with Gasteiger partial charge < -0.3 is 10.6 Å². The third-order valence-corrected chi connectivity index (χ3v) is 1.58. The van der Waals surface area contributed by atoms with E-state index in [2.05, 4.69) is 10.6 Å². The lowest BCUT2D eigenvalue weighted by Crippen LogP contribution is -2.33. The van der Waals surface area contributed by atoms with Crippen LogP contribution in [0, 0.1) is 11.5 Å². The monoisotopic (exact) mass is 169 g/mol. The molecule has 0 spiro atoms. The molecule has 0 rings (SSSR count). The zero-order chi connectivity index (χ0) is 9.40. The minimum absolute atomic E-state index is 0.00731. The normalized spacial score (nSPS) is 11.4. The summed E-state index contributed by atoms with van der Waals surface area (Å²) in [4.78, 5) is 11.0. The highest BCUT2D eigenvalue weighted by molar-refractivity contribution is 5.76. The summed E-state index contributed by atoms with van der Waals surface area (Å²) in [7, 11) is 0. The summed E-state index contributed by atoms with van der Waals surface area (Å²) in [6, 6.07) is 0.222. The van der Waals surface area contributed by atoms with E-state index in [9.17, 15) is 4.79 Å². The van der Waals surface area contributed by atoms with Crippen LogP contribution in [0.25, 0.3) is 0 Å². The Hall–Kier alpha value is -1.24. The molecule has 12 heavy (non-hydrogen) atoms. The third-order valence-electron chi connectivity index (χ3n) is 1.58. The van der Waals surface area contributed by atoms with Gasteiger partial charge in [-0.1, -0.05) is 6.92 Å². The van der Waals surface area contributed by atoms with Crippen molar-refractivity contribution in [3.63, 3.8) is 0 Å². The van der Waals surface area contributed by atoms with Crippen LogP contribution in [-0.4, -0.2) is 18.5 Å². The van der Waals surface area contributed by atoms with Crippen LogP contribution in [0.4, 0.5) is 0 Å². The van der Waals surface area contributed by atoms with Gasteiger partial charge in [0.2, 0.25) is 5.91 Å². The molecule has 68 valence electrons. The largest absolute Gasteiger partial charge is 0.354 e. The van der Waals surface area contributed by atoms with Gasteiger partial charge >= 0.3 is 0 Å². The molecule has 1 amide bonds. The average molecular weight is 169 g/mol. The molecule has 1 atom stereocenters. The first-order valence-corrected chi connectivity index (χ1v) is 4.12. The molecule has 1 unspecified atom stereocenters. The summed E-state index contributed by atoms with van der Waals surface area (Å²) < 4.78 is 0. The molecule has 0 radical (unpaired) electrons. The number of nitrogens with zero attached hydrogens (tertiary/aromatic N) is 1. The van der Waals surface area contributed by atoms with E-state index in [1.54, 1.807) is 6.19 Å². The topological polar surface area (TPSA) is 64.9 Å². The van der Waals surface area contributed by atoms with Crippen molar-refractivity contribution >= 4 is 5.91 Å². The number of rotatable bonds is 5. The summed E-state index contributed by atoms with van der Waals surface area (Å²) in [6.45, 7) is 4.38. The zero-order valence-electron chi connectivity index (χ0n) is 7.55. The fourth-order valence-corrected chi connectivity index (χ4v) is 0.681. The lowest BCUT2D eigenvalue weighted by atomic mass is 10.2. The molecule has 2 N–H and O–H groups in total. The molecule has 0 aromatic carbocycles. The number of hydrogen-bond acceptors (Lipinski definition) is 3. The molecule has 0 fully saturated rings. The van der Waals surface area contributed by atoms with E-state index in [0.717, 1.165) is 6.42 Å². The predicted octanol–water partition coefficient (Wildman–Crippen LogP) is 0.362. The van der Waals surface area contributed by atoms with Crippen LogP contribution in [0.15, 0.2) is 0 Å². The van der Waals surface area contributed by atoms with Crippen LogP contribution in [0.2, 0.25) is 0 Å². The second-order valence-electron chi connectivity index (χ2n) is 2.67. The van der Waals surface area contributed by atoms with Crippen molar-refractivity contribution in [2.75, 3.05) is 6.54 Å². The Labute approximate surface area is 72.9 Å². The number of carbonyl (C=O) groups is 1. The van der Waals surface area contributed by atoms with Gasteiger partial charge in [0.1, 0.15) is 0 Å². The van der Waals surface area contributed by atoms with Crippen LogP contribution in [0.1, 0.15) is 26.7 Å². The van der Waals surface area contributed by atoms with Gasteiger partial charge in [-0.05, 0) is 13.3 Å². The van der Waals surface area contributed by atoms with Crippen molar-refractivity contribution in [3.8, 4) is 6.19 Å². The van der Waals surface area contributed by atoms with E-state index in [1.165, 1.54) is 0 Å².